The molecule has 0 aliphatic heterocycles. The van der Waals surface area contributed by atoms with Crippen LogP contribution in [0.4, 0.5) is 4.79 Å². The standard InChI is InChI=1S/C16H26N4O4S/c1-4-25-10(2)14-18-13(24-19-14)9-20(3)16(23)17-12-7-5-11(6-8-12)15(21)22/h10-12H,4-9H2,1-3H3,(H,17,23)(H,21,22). The molecule has 9 heteroatoms. The average Bonchev–Trinajstić information content (AvgIpc) is 3.04. The largest absolute Gasteiger partial charge is 0.481 e. The first kappa shape index (κ1) is 19.6. The van der Waals surface area contributed by atoms with Crippen LogP contribution in [0.25, 0.3) is 0 Å². The van der Waals surface area contributed by atoms with E-state index >= 15 is 0 Å². The molecule has 1 aliphatic rings. The van der Waals surface area contributed by atoms with Crippen molar-refractivity contribution in [1.82, 2.24) is 20.4 Å². The summed E-state index contributed by atoms with van der Waals surface area (Å²) in [5.41, 5.74) is 0. The van der Waals surface area contributed by atoms with Crippen LogP contribution in [0.5, 0.6) is 0 Å². The van der Waals surface area contributed by atoms with Crippen LogP contribution >= 0.6 is 11.8 Å². The van der Waals surface area contributed by atoms with Gasteiger partial charge in [0.15, 0.2) is 5.82 Å². The van der Waals surface area contributed by atoms with E-state index in [0.717, 1.165) is 5.75 Å². The van der Waals surface area contributed by atoms with Gasteiger partial charge < -0.3 is 19.8 Å². The van der Waals surface area contributed by atoms with Crippen molar-refractivity contribution < 1.29 is 19.2 Å². The second-order valence-corrected chi connectivity index (χ2v) is 7.95. The van der Waals surface area contributed by atoms with E-state index < -0.39 is 5.97 Å². The van der Waals surface area contributed by atoms with Crippen LogP contribution in [0.15, 0.2) is 4.52 Å². The number of nitrogens with zero attached hydrogens (tertiary/aromatic N) is 3. The van der Waals surface area contributed by atoms with Gasteiger partial charge in [-0.1, -0.05) is 12.1 Å². The summed E-state index contributed by atoms with van der Waals surface area (Å²) in [5, 5.41) is 16.1. The fourth-order valence-electron chi connectivity index (χ4n) is 2.87. The van der Waals surface area contributed by atoms with E-state index in [1.165, 1.54) is 4.90 Å². The van der Waals surface area contributed by atoms with Crippen molar-refractivity contribution in [2.75, 3.05) is 12.8 Å². The second kappa shape index (κ2) is 9.07. The highest BCUT2D eigenvalue weighted by Crippen LogP contribution is 2.26. The van der Waals surface area contributed by atoms with Crippen LogP contribution in [0.1, 0.15) is 56.5 Å². The fourth-order valence-corrected chi connectivity index (χ4v) is 3.61. The van der Waals surface area contributed by atoms with E-state index in [2.05, 4.69) is 22.4 Å². The predicted molar refractivity (Wildman–Crippen MR) is 94.2 cm³/mol. The van der Waals surface area contributed by atoms with Crippen molar-refractivity contribution in [3.63, 3.8) is 0 Å². The van der Waals surface area contributed by atoms with Crippen LogP contribution in [0, 0.1) is 5.92 Å². The molecule has 1 fully saturated rings. The first-order valence-electron chi connectivity index (χ1n) is 8.59. The number of carboxylic acid groups (broad SMARTS) is 1. The Morgan fingerprint density at radius 1 is 1.40 bits per heavy atom. The minimum Gasteiger partial charge on any atom is -0.481 e. The number of carbonyl (C=O) groups excluding carboxylic acids is 1. The molecule has 0 radical (unpaired) electrons. The van der Waals surface area contributed by atoms with Crippen molar-refractivity contribution in [1.29, 1.82) is 0 Å². The molecule has 1 saturated carbocycles. The minimum absolute atomic E-state index is 0.0183. The van der Waals surface area contributed by atoms with E-state index in [1.54, 1.807) is 18.8 Å². The number of hydrogen-bond donors (Lipinski definition) is 2. The maximum atomic E-state index is 12.3. The molecule has 2 amide bonds. The van der Waals surface area contributed by atoms with Crippen molar-refractivity contribution in [3.05, 3.63) is 11.7 Å². The van der Waals surface area contributed by atoms with Gasteiger partial charge in [0.25, 0.3) is 0 Å². The highest BCUT2D eigenvalue weighted by Gasteiger charge is 2.27. The third-order valence-electron chi connectivity index (χ3n) is 4.39. The Morgan fingerprint density at radius 2 is 2.08 bits per heavy atom. The Bertz CT molecular complexity index is 586. The van der Waals surface area contributed by atoms with E-state index in [4.69, 9.17) is 9.63 Å². The number of amides is 2. The summed E-state index contributed by atoms with van der Waals surface area (Å²) >= 11 is 1.73. The normalized spacial score (nSPS) is 21.6. The highest BCUT2D eigenvalue weighted by atomic mass is 32.2. The number of carboxylic acids is 1. The third-order valence-corrected chi connectivity index (χ3v) is 5.43. The number of nitrogens with one attached hydrogen (secondary N) is 1. The Morgan fingerprint density at radius 3 is 2.68 bits per heavy atom. The Labute approximate surface area is 151 Å². The van der Waals surface area contributed by atoms with Crippen molar-refractivity contribution in [2.45, 2.75) is 57.4 Å². The van der Waals surface area contributed by atoms with Crippen molar-refractivity contribution in [2.24, 2.45) is 5.92 Å². The van der Waals surface area contributed by atoms with Gasteiger partial charge in [-0.05, 0) is 38.4 Å². The molecule has 1 heterocycles. The molecule has 0 saturated heterocycles. The molecular weight excluding hydrogens is 344 g/mol. The van der Waals surface area contributed by atoms with E-state index in [9.17, 15) is 9.59 Å². The Hall–Kier alpha value is -1.77. The van der Waals surface area contributed by atoms with Crippen LogP contribution in [0.2, 0.25) is 0 Å². The van der Waals surface area contributed by atoms with Crippen molar-refractivity contribution in [3.8, 4) is 0 Å². The van der Waals surface area contributed by atoms with E-state index in [1.807, 2.05) is 6.92 Å². The van der Waals surface area contributed by atoms with Gasteiger partial charge in [0, 0.05) is 13.1 Å². The molecule has 0 spiro atoms. The highest BCUT2D eigenvalue weighted by molar-refractivity contribution is 7.99. The van der Waals surface area contributed by atoms with Gasteiger partial charge in [0.1, 0.15) is 6.54 Å². The molecule has 2 rings (SSSR count). The fraction of sp³-hybridized carbons (Fsp3) is 0.750. The van der Waals surface area contributed by atoms with E-state index in [-0.39, 0.29) is 29.8 Å². The zero-order valence-electron chi connectivity index (χ0n) is 14.9. The number of carbonyl (C=O) groups is 2. The molecule has 140 valence electrons. The molecule has 1 unspecified atom stereocenters. The van der Waals surface area contributed by atoms with Crippen LogP contribution in [-0.2, 0) is 11.3 Å². The summed E-state index contributed by atoms with van der Waals surface area (Å²) in [6, 6.07) is -0.195. The van der Waals surface area contributed by atoms with Gasteiger partial charge in [0.2, 0.25) is 5.89 Å². The topological polar surface area (TPSA) is 109 Å². The maximum Gasteiger partial charge on any atom is 0.317 e. The predicted octanol–water partition coefficient (Wildman–Crippen LogP) is 2.67. The van der Waals surface area contributed by atoms with Gasteiger partial charge >= 0.3 is 12.0 Å². The first-order chi connectivity index (χ1) is 11.9. The summed E-state index contributed by atoms with van der Waals surface area (Å²) in [6.45, 7) is 4.34. The monoisotopic (exact) mass is 370 g/mol. The lowest BCUT2D eigenvalue weighted by Crippen LogP contribution is -2.44. The molecule has 0 bridgehead atoms. The molecule has 0 aromatic carbocycles. The average molecular weight is 370 g/mol. The van der Waals surface area contributed by atoms with Crippen LogP contribution in [-0.4, -0.2) is 51.0 Å². The van der Waals surface area contributed by atoms with Gasteiger partial charge in [0.05, 0.1) is 11.2 Å². The number of thioether (sulfide) groups is 1. The molecule has 2 N–H and O–H groups in total. The Kier molecular flexibility index (Phi) is 7.10. The molecule has 1 aromatic rings. The zero-order valence-corrected chi connectivity index (χ0v) is 15.7. The number of urea groups is 1. The number of rotatable bonds is 7. The van der Waals surface area contributed by atoms with Gasteiger partial charge in [-0.3, -0.25) is 4.79 Å². The molecule has 1 atom stereocenters. The maximum absolute atomic E-state index is 12.3. The lowest BCUT2D eigenvalue weighted by Gasteiger charge is -2.28. The number of aromatic nitrogens is 2. The molecule has 1 aliphatic carbocycles. The summed E-state index contributed by atoms with van der Waals surface area (Å²) in [5.74, 6) is 0.987. The Balaban J connectivity index is 1.80. The SMILES string of the molecule is CCSC(C)c1noc(CN(C)C(=O)NC2CCC(C(=O)O)CC2)n1. The zero-order chi connectivity index (χ0) is 18.4. The summed E-state index contributed by atoms with van der Waals surface area (Å²) < 4.78 is 5.22. The smallest absolute Gasteiger partial charge is 0.317 e. The van der Waals surface area contributed by atoms with Gasteiger partial charge in [-0.15, -0.1) is 0 Å². The lowest BCUT2D eigenvalue weighted by molar-refractivity contribution is -0.142. The molecule has 8 nitrogen and oxygen atoms in total. The van der Waals surface area contributed by atoms with Gasteiger partial charge in [-0.25, -0.2) is 4.79 Å². The quantitative estimate of drug-likeness (QED) is 0.759. The summed E-state index contributed by atoms with van der Waals surface area (Å²) in [6.07, 6.45) is 2.58. The van der Waals surface area contributed by atoms with Crippen LogP contribution in [0.3, 0.4) is 0 Å². The third kappa shape index (κ3) is 5.62. The second-order valence-electron chi connectivity index (χ2n) is 6.34. The summed E-state index contributed by atoms with van der Waals surface area (Å²) in [7, 11) is 1.67. The molecular formula is C16H26N4O4S. The van der Waals surface area contributed by atoms with E-state index in [0.29, 0.717) is 37.4 Å². The van der Waals surface area contributed by atoms with Crippen LogP contribution < -0.4 is 5.32 Å². The first-order valence-corrected chi connectivity index (χ1v) is 9.64. The minimum atomic E-state index is -0.746. The lowest BCUT2D eigenvalue weighted by atomic mass is 9.86. The van der Waals surface area contributed by atoms with Gasteiger partial charge in [-0.2, -0.15) is 16.7 Å². The van der Waals surface area contributed by atoms with Crippen molar-refractivity contribution >= 4 is 23.8 Å². The molecule has 25 heavy (non-hydrogen) atoms. The number of aliphatic carboxylic acids is 1. The number of hydrogen-bond acceptors (Lipinski definition) is 6. The molecule has 1 aromatic heterocycles. The summed E-state index contributed by atoms with van der Waals surface area (Å²) in [4.78, 5) is 29.1.